The van der Waals surface area contributed by atoms with Gasteiger partial charge in [-0.15, -0.1) is 0 Å². The molecule has 226 valence electrons. The van der Waals surface area contributed by atoms with Crippen molar-refractivity contribution in [2.24, 2.45) is 0 Å². The van der Waals surface area contributed by atoms with Crippen LogP contribution in [0.15, 0.2) is 115 Å². The van der Waals surface area contributed by atoms with Crippen LogP contribution in [0.2, 0.25) is 0 Å². The zero-order valence-corrected chi connectivity index (χ0v) is 25.3. The largest absolute Gasteiger partial charge is 0.341 e. The fraction of sp³-hybridized carbons (Fsp3) is 0.297. The van der Waals surface area contributed by atoms with Gasteiger partial charge in [-0.1, -0.05) is 91.0 Å². The molecule has 6 rings (SSSR count). The molecule has 2 unspecified atom stereocenters. The average Bonchev–Trinajstić information content (AvgIpc) is 3.31. The smallest absolute Gasteiger partial charge is 0.253 e. The molecule has 44 heavy (non-hydrogen) atoms. The number of hydrogen-bond donors (Lipinski definition) is 0. The first-order valence-corrected chi connectivity index (χ1v) is 15.6. The first kappa shape index (κ1) is 29.6. The van der Waals surface area contributed by atoms with Crippen molar-refractivity contribution in [2.75, 3.05) is 51.2 Å². The molecule has 1 aliphatic rings. The minimum Gasteiger partial charge on any atom is -0.341 e. The van der Waals surface area contributed by atoms with Crippen molar-refractivity contribution in [3.05, 3.63) is 132 Å². The van der Waals surface area contributed by atoms with Crippen LogP contribution in [0.1, 0.15) is 46.5 Å². The summed E-state index contributed by atoms with van der Waals surface area (Å²) in [4.78, 5) is 24.7. The number of likely N-dealkylation sites (N-methyl/N-ethyl adjacent to an activating group) is 1. The molecule has 1 amide bonds. The van der Waals surface area contributed by atoms with E-state index in [1.807, 2.05) is 103 Å². The van der Waals surface area contributed by atoms with E-state index in [-0.39, 0.29) is 11.8 Å². The molecule has 0 radical (unpaired) electrons. The van der Waals surface area contributed by atoms with Gasteiger partial charge >= 0.3 is 0 Å². The maximum absolute atomic E-state index is 16.1. The molecule has 5 aromatic rings. The van der Waals surface area contributed by atoms with Gasteiger partial charge in [0.2, 0.25) is 12.2 Å². The molecular weight excluding hydrogens is 549 g/mol. The lowest BCUT2D eigenvalue weighted by molar-refractivity contribution is 0.0782. The molecule has 0 bridgehead atoms. The highest BCUT2D eigenvalue weighted by Gasteiger charge is 2.26. The number of rotatable bonds is 10. The van der Waals surface area contributed by atoms with E-state index in [9.17, 15) is 4.79 Å². The molecule has 1 fully saturated rings. The van der Waals surface area contributed by atoms with Gasteiger partial charge in [-0.05, 0) is 55.8 Å². The quantitative estimate of drug-likeness (QED) is 0.176. The van der Waals surface area contributed by atoms with Gasteiger partial charge in [0, 0.05) is 50.3 Å². The van der Waals surface area contributed by atoms with Crippen molar-refractivity contribution in [3.63, 3.8) is 0 Å². The Morgan fingerprint density at radius 2 is 1.43 bits per heavy atom. The maximum atomic E-state index is 16.1. The first-order valence-electron chi connectivity index (χ1n) is 15.6. The van der Waals surface area contributed by atoms with Crippen molar-refractivity contribution >= 4 is 22.9 Å². The fourth-order valence-electron chi connectivity index (χ4n) is 6.28. The van der Waals surface area contributed by atoms with Gasteiger partial charge < -0.3 is 14.7 Å². The maximum Gasteiger partial charge on any atom is 0.253 e. The molecule has 2 atom stereocenters. The Hall–Kier alpha value is -4.49. The number of hydrogen-bond acceptors (Lipinski definition) is 4. The minimum atomic E-state index is -1.32. The summed E-state index contributed by atoms with van der Waals surface area (Å²) in [6, 6.07) is 37.2. The van der Waals surface area contributed by atoms with Crippen LogP contribution in [-0.4, -0.2) is 71.6 Å². The Balaban J connectivity index is 1.15. The molecule has 1 saturated heterocycles. The van der Waals surface area contributed by atoms with Crippen molar-refractivity contribution in [1.82, 2.24) is 19.4 Å². The molecule has 1 aromatic heterocycles. The molecule has 1 aliphatic heterocycles. The van der Waals surface area contributed by atoms with E-state index >= 15 is 4.39 Å². The number of carbonyl (C=O) groups excluding carboxylic acids is 1. The van der Waals surface area contributed by atoms with Gasteiger partial charge in [0.15, 0.2) is 0 Å². The molecule has 2 heterocycles. The summed E-state index contributed by atoms with van der Waals surface area (Å²) < 4.78 is 17.9. The number of aromatic nitrogens is 2. The fourth-order valence-corrected chi connectivity index (χ4v) is 6.28. The lowest BCUT2D eigenvalue weighted by Crippen LogP contribution is -2.35. The van der Waals surface area contributed by atoms with E-state index in [1.165, 1.54) is 5.56 Å². The third-order valence-corrected chi connectivity index (χ3v) is 8.68. The lowest BCUT2D eigenvalue weighted by atomic mass is 9.94. The second-order valence-corrected chi connectivity index (χ2v) is 11.6. The SMILES string of the molecule is CN(CC(CCN1CCCN(c2nc3ccccc3n2C(F)c2ccccc2)CC1)c1ccccc1)C(=O)c1ccccc1. The van der Waals surface area contributed by atoms with Crippen LogP contribution in [0.25, 0.3) is 11.0 Å². The Kier molecular flexibility index (Phi) is 9.32. The molecule has 7 heteroatoms. The summed E-state index contributed by atoms with van der Waals surface area (Å²) in [5.74, 6) is 0.949. The van der Waals surface area contributed by atoms with Gasteiger partial charge in [-0.3, -0.25) is 9.36 Å². The van der Waals surface area contributed by atoms with Crippen LogP contribution >= 0.6 is 0 Å². The van der Waals surface area contributed by atoms with Crippen LogP contribution in [0.3, 0.4) is 0 Å². The van der Waals surface area contributed by atoms with Crippen LogP contribution in [0.5, 0.6) is 0 Å². The monoisotopic (exact) mass is 589 g/mol. The van der Waals surface area contributed by atoms with Gasteiger partial charge in [-0.25, -0.2) is 9.37 Å². The predicted octanol–water partition coefficient (Wildman–Crippen LogP) is 7.01. The highest BCUT2D eigenvalue weighted by molar-refractivity contribution is 5.94. The van der Waals surface area contributed by atoms with E-state index in [1.54, 1.807) is 4.57 Å². The van der Waals surface area contributed by atoms with Crippen molar-refractivity contribution < 1.29 is 9.18 Å². The number of anilines is 1. The normalized spacial score (nSPS) is 15.5. The van der Waals surface area contributed by atoms with Crippen molar-refractivity contribution in [3.8, 4) is 0 Å². The zero-order chi connectivity index (χ0) is 30.3. The van der Waals surface area contributed by atoms with Crippen LogP contribution in [0.4, 0.5) is 10.3 Å². The Morgan fingerprint density at radius 3 is 2.16 bits per heavy atom. The molecule has 0 aliphatic carbocycles. The third-order valence-electron chi connectivity index (χ3n) is 8.68. The highest BCUT2D eigenvalue weighted by Crippen LogP contribution is 2.32. The molecule has 0 saturated carbocycles. The second-order valence-electron chi connectivity index (χ2n) is 11.6. The number of carbonyl (C=O) groups is 1. The second kappa shape index (κ2) is 13.9. The number of halogens is 1. The summed E-state index contributed by atoms with van der Waals surface area (Å²) >= 11 is 0. The standard InChI is InChI=1S/C37H40FN5O/c1-40(36(44)31-18-9-4-10-19-31)28-32(29-14-5-2-6-15-29)22-25-41-23-13-24-42(27-26-41)37-39-33-20-11-12-21-34(33)43(37)35(38)30-16-7-3-8-17-30/h2-12,14-21,32,35H,13,22-28H2,1H3. The number of nitrogens with zero attached hydrogens (tertiary/aromatic N) is 5. The van der Waals surface area contributed by atoms with Crippen LogP contribution in [-0.2, 0) is 0 Å². The topological polar surface area (TPSA) is 44.6 Å². The van der Waals surface area contributed by atoms with Crippen LogP contribution in [0, 0.1) is 0 Å². The zero-order valence-electron chi connectivity index (χ0n) is 25.3. The van der Waals surface area contributed by atoms with E-state index in [0.29, 0.717) is 23.6 Å². The Morgan fingerprint density at radius 1 is 0.795 bits per heavy atom. The lowest BCUT2D eigenvalue weighted by Gasteiger charge is -2.28. The van der Waals surface area contributed by atoms with Crippen molar-refractivity contribution in [1.29, 1.82) is 0 Å². The number of alkyl halides is 1. The van der Waals surface area contributed by atoms with E-state index < -0.39 is 6.30 Å². The van der Waals surface area contributed by atoms with Gasteiger partial charge in [-0.2, -0.15) is 0 Å². The molecule has 0 spiro atoms. The van der Waals surface area contributed by atoms with E-state index in [4.69, 9.17) is 4.98 Å². The van der Waals surface area contributed by atoms with Gasteiger partial charge in [0.05, 0.1) is 11.0 Å². The summed E-state index contributed by atoms with van der Waals surface area (Å²) in [5.41, 5.74) is 4.20. The number of para-hydroxylation sites is 2. The van der Waals surface area contributed by atoms with Crippen LogP contribution < -0.4 is 4.90 Å². The number of fused-ring (bicyclic) bond motifs is 1. The minimum absolute atomic E-state index is 0.0431. The molecule has 0 N–H and O–H groups in total. The summed E-state index contributed by atoms with van der Waals surface area (Å²) in [6.07, 6.45) is 0.587. The Bertz CT molecular complexity index is 1640. The van der Waals surface area contributed by atoms with E-state index in [2.05, 4.69) is 34.1 Å². The third kappa shape index (κ3) is 6.68. The van der Waals surface area contributed by atoms with E-state index in [0.717, 1.165) is 56.6 Å². The molecule has 6 nitrogen and oxygen atoms in total. The summed E-state index contributed by atoms with van der Waals surface area (Å²) in [5, 5.41) is 0. The number of imidazole rings is 1. The van der Waals surface area contributed by atoms with Gasteiger partial charge in [0.25, 0.3) is 5.91 Å². The highest BCUT2D eigenvalue weighted by atomic mass is 19.1. The van der Waals surface area contributed by atoms with Crippen molar-refractivity contribution in [2.45, 2.75) is 25.1 Å². The average molecular weight is 590 g/mol. The molecule has 4 aromatic carbocycles. The summed E-state index contributed by atoms with van der Waals surface area (Å²) in [7, 11) is 1.90. The Labute approximate surface area is 259 Å². The van der Waals surface area contributed by atoms with Gasteiger partial charge in [0.1, 0.15) is 0 Å². The number of benzene rings is 4. The predicted molar refractivity (Wildman–Crippen MR) is 176 cm³/mol. The molecular formula is C37H40FN5O. The number of amides is 1. The first-order chi connectivity index (χ1) is 21.6. The summed E-state index contributed by atoms with van der Waals surface area (Å²) in [6.45, 7) is 5.00.